The van der Waals surface area contributed by atoms with E-state index in [1.807, 2.05) is 0 Å². The first-order chi connectivity index (χ1) is 23.9. The van der Waals surface area contributed by atoms with Crippen molar-refractivity contribution in [2.75, 3.05) is 18.1 Å². The minimum absolute atomic E-state index is 0.0188. The van der Waals surface area contributed by atoms with E-state index in [1.54, 1.807) is 43.3 Å². The van der Waals surface area contributed by atoms with Crippen molar-refractivity contribution < 1.29 is 41.0 Å². The van der Waals surface area contributed by atoms with Crippen molar-refractivity contribution in [1.82, 2.24) is 25.3 Å². The third kappa shape index (κ3) is 7.41. The highest BCUT2D eigenvalue weighted by Crippen LogP contribution is 2.36. The van der Waals surface area contributed by atoms with Gasteiger partial charge in [0.2, 0.25) is 29.6 Å². The standard InChI is InChI=1S/C35H25F5N6O4/c1-3-49-31-26-16-22(20-4-10-24(36)11-5-20)8-14-28(26)42-33(44-31)46(30(48)18-41-19(2)47)34-43-29-15-9-23(21-6-12-25(37)13-7-21)17-27(29)32(45-34)50-35(38,39)40/h4-17H,3,18H2,1-2H3,(H,41,47). The van der Waals surface area contributed by atoms with Crippen molar-refractivity contribution in [3.63, 3.8) is 0 Å². The maximum Gasteiger partial charge on any atom is 0.574 e. The van der Waals surface area contributed by atoms with Gasteiger partial charge in [0.15, 0.2) is 0 Å². The average molecular weight is 689 g/mol. The summed E-state index contributed by atoms with van der Waals surface area (Å²) in [4.78, 5) is 43.5. The van der Waals surface area contributed by atoms with E-state index in [0.717, 1.165) is 4.90 Å². The summed E-state index contributed by atoms with van der Waals surface area (Å²) in [5.74, 6) is -4.24. The molecule has 254 valence electrons. The van der Waals surface area contributed by atoms with Crippen LogP contribution in [-0.4, -0.2) is 51.3 Å². The first-order valence-electron chi connectivity index (χ1n) is 15.0. The molecule has 2 amide bonds. The third-order valence-corrected chi connectivity index (χ3v) is 7.28. The molecule has 0 aliphatic heterocycles. The first kappa shape index (κ1) is 33.6. The number of halogens is 5. The van der Waals surface area contributed by atoms with E-state index in [0.29, 0.717) is 27.6 Å². The molecule has 0 atom stereocenters. The zero-order valence-corrected chi connectivity index (χ0v) is 26.3. The molecule has 2 aromatic heterocycles. The first-order valence-corrected chi connectivity index (χ1v) is 15.0. The van der Waals surface area contributed by atoms with Gasteiger partial charge in [-0.1, -0.05) is 36.4 Å². The second-order valence-electron chi connectivity index (χ2n) is 10.8. The fraction of sp³-hybridized carbons (Fsp3) is 0.143. The number of hydrogen-bond donors (Lipinski definition) is 1. The van der Waals surface area contributed by atoms with Crippen LogP contribution in [0, 0.1) is 11.6 Å². The molecule has 2 heterocycles. The molecule has 15 heteroatoms. The fourth-order valence-electron chi connectivity index (χ4n) is 5.05. The number of carbonyl (C=O) groups is 2. The Hall–Kier alpha value is -6.25. The quantitative estimate of drug-likeness (QED) is 0.158. The van der Waals surface area contributed by atoms with Crippen molar-refractivity contribution >= 4 is 45.5 Å². The molecule has 6 rings (SSSR count). The predicted octanol–water partition coefficient (Wildman–Crippen LogP) is 7.28. The van der Waals surface area contributed by atoms with Gasteiger partial charge < -0.3 is 14.8 Å². The van der Waals surface area contributed by atoms with Crippen LogP contribution in [0.3, 0.4) is 0 Å². The summed E-state index contributed by atoms with van der Waals surface area (Å²) in [6, 6.07) is 20.4. The molecular weight excluding hydrogens is 663 g/mol. The van der Waals surface area contributed by atoms with Crippen LogP contribution in [0.4, 0.5) is 33.8 Å². The number of amides is 2. The van der Waals surface area contributed by atoms with E-state index in [4.69, 9.17) is 4.74 Å². The molecule has 0 aliphatic carbocycles. The zero-order valence-electron chi connectivity index (χ0n) is 26.3. The van der Waals surface area contributed by atoms with E-state index in [-0.39, 0.29) is 34.9 Å². The molecule has 0 bridgehead atoms. The molecule has 0 radical (unpaired) electrons. The maximum absolute atomic E-state index is 13.7. The summed E-state index contributed by atoms with van der Waals surface area (Å²) in [5.41, 5.74) is 2.51. The average Bonchev–Trinajstić information content (AvgIpc) is 3.07. The number of alkyl halides is 3. The third-order valence-electron chi connectivity index (χ3n) is 7.28. The molecule has 0 aliphatic rings. The van der Waals surface area contributed by atoms with Crippen molar-refractivity contribution in [3.05, 3.63) is 96.6 Å². The highest BCUT2D eigenvalue weighted by Gasteiger charge is 2.34. The van der Waals surface area contributed by atoms with Crippen molar-refractivity contribution in [2.45, 2.75) is 20.2 Å². The van der Waals surface area contributed by atoms with E-state index < -0.39 is 48.2 Å². The lowest BCUT2D eigenvalue weighted by Crippen LogP contribution is -2.38. The minimum Gasteiger partial charge on any atom is -0.477 e. The molecule has 10 nitrogen and oxygen atoms in total. The van der Waals surface area contributed by atoms with Gasteiger partial charge in [-0.2, -0.15) is 9.97 Å². The Labute approximate surface area is 280 Å². The van der Waals surface area contributed by atoms with Crippen molar-refractivity contribution in [2.24, 2.45) is 0 Å². The number of rotatable bonds is 9. The molecule has 6 aromatic rings. The van der Waals surface area contributed by atoms with Gasteiger partial charge in [0.25, 0.3) is 5.91 Å². The second-order valence-corrected chi connectivity index (χ2v) is 10.8. The number of aromatic nitrogens is 4. The summed E-state index contributed by atoms with van der Waals surface area (Å²) in [5, 5.41) is 2.61. The van der Waals surface area contributed by atoms with Crippen LogP contribution in [0.15, 0.2) is 84.9 Å². The summed E-state index contributed by atoms with van der Waals surface area (Å²) in [6.45, 7) is 2.39. The summed E-state index contributed by atoms with van der Waals surface area (Å²) < 4.78 is 78.4. The summed E-state index contributed by atoms with van der Waals surface area (Å²) >= 11 is 0. The lowest BCUT2D eigenvalue weighted by molar-refractivity contribution is -0.275. The Kier molecular flexibility index (Phi) is 9.22. The van der Waals surface area contributed by atoms with E-state index >= 15 is 0 Å². The fourth-order valence-corrected chi connectivity index (χ4v) is 5.05. The van der Waals surface area contributed by atoms with Crippen LogP contribution in [0.25, 0.3) is 44.1 Å². The smallest absolute Gasteiger partial charge is 0.477 e. The number of carbonyl (C=O) groups excluding carboxylic acids is 2. The van der Waals surface area contributed by atoms with Gasteiger partial charge in [0.05, 0.1) is 35.0 Å². The molecule has 0 saturated carbocycles. The van der Waals surface area contributed by atoms with Gasteiger partial charge in [0.1, 0.15) is 11.6 Å². The van der Waals surface area contributed by atoms with Crippen LogP contribution in [0.2, 0.25) is 0 Å². The van der Waals surface area contributed by atoms with Gasteiger partial charge >= 0.3 is 6.36 Å². The van der Waals surface area contributed by atoms with Crippen LogP contribution < -0.4 is 19.7 Å². The normalized spacial score (nSPS) is 11.4. The van der Waals surface area contributed by atoms with Gasteiger partial charge in [0, 0.05) is 6.92 Å². The van der Waals surface area contributed by atoms with Crippen molar-refractivity contribution in [1.29, 1.82) is 0 Å². The molecule has 0 saturated heterocycles. The van der Waals surface area contributed by atoms with Crippen LogP contribution in [0.5, 0.6) is 11.8 Å². The van der Waals surface area contributed by atoms with Gasteiger partial charge in [-0.25, -0.2) is 23.6 Å². The monoisotopic (exact) mass is 688 g/mol. The molecule has 50 heavy (non-hydrogen) atoms. The number of fused-ring (bicyclic) bond motifs is 2. The lowest BCUT2D eigenvalue weighted by Gasteiger charge is -2.22. The summed E-state index contributed by atoms with van der Waals surface area (Å²) in [7, 11) is 0. The Balaban J connectivity index is 1.53. The van der Waals surface area contributed by atoms with E-state index in [1.165, 1.54) is 55.5 Å². The highest BCUT2D eigenvalue weighted by molar-refractivity contribution is 6.02. The van der Waals surface area contributed by atoms with E-state index in [2.05, 4.69) is 30.0 Å². The summed E-state index contributed by atoms with van der Waals surface area (Å²) in [6.07, 6.45) is -5.20. The van der Waals surface area contributed by atoms with Crippen LogP contribution in [-0.2, 0) is 9.59 Å². The number of benzene rings is 4. The number of nitrogens with zero attached hydrogens (tertiary/aromatic N) is 5. The molecule has 0 fully saturated rings. The predicted molar refractivity (Wildman–Crippen MR) is 174 cm³/mol. The number of hydrogen-bond acceptors (Lipinski definition) is 8. The molecule has 4 aromatic carbocycles. The molecule has 0 unspecified atom stereocenters. The Morgan fingerprint density at radius 3 is 1.62 bits per heavy atom. The zero-order chi connectivity index (χ0) is 35.6. The molecule has 0 spiro atoms. The Morgan fingerprint density at radius 1 is 0.700 bits per heavy atom. The van der Waals surface area contributed by atoms with Gasteiger partial charge in [-0.3, -0.25) is 9.59 Å². The molecule has 1 N–H and O–H groups in total. The Morgan fingerprint density at radius 2 is 1.16 bits per heavy atom. The van der Waals surface area contributed by atoms with E-state index in [9.17, 15) is 31.5 Å². The second kappa shape index (κ2) is 13.7. The lowest BCUT2D eigenvalue weighted by atomic mass is 10.0. The molecular formula is C35H25F5N6O4. The van der Waals surface area contributed by atoms with Crippen molar-refractivity contribution in [3.8, 4) is 34.0 Å². The minimum atomic E-state index is -5.20. The topological polar surface area (TPSA) is 119 Å². The van der Waals surface area contributed by atoms with Crippen LogP contribution >= 0.6 is 0 Å². The number of anilines is 2. The SMILES string of the molecule is CCOc1nc(N(C(=O)CNC(C)=O)c2nc(OC(F)(F)F)c3cc(-c4ccc(F)cc4)ccc3n2)nc2ccc(-c3ccc(F)cc3)cc12. The van der Waals surface area contributed by atoms with Gasteiger partial charge in [-0.05, 0) is 77.7 Å². The van der Waals surface area contributed by atoms with Crippen LogP contribution in [0.1, 0.15) is 13.8 Å². The maximum atomic E-state index is 13.7. The number of nitrogens with one attached hydrogen (secondary N) is 1. The highest BCUT2D eigenvalue weighted by atomic mass is 19.4. The Bertz CT molecular complexity index is 2230. The van der Waals surface area contributed by atoms with Gasteiger partial charge in [-0.15, -0.1) is 13.2 Å². The largest absolute Gasteiger partial charge is 0.574 e. The number of ether oxygens (including phenoxy) is 2.